The van der Waals surface area contributed by atoms with Crippen molar-refractivity contribution >= 4 is 5.78 Å². The molecular weight excluding hydrogens is 204 g/mol. The lowest BCUT2D eigenvalue weighted by atomic mass is 10.0. The van der Waals surface area contributed by atoms with Gasteiger partial charge in [-0.15, -0.1) is 0 Å². The highest BCUT2D eigenvalue weighted by Gasteiger charge is 2.26. The molecule has 0 spiro atoms. The third kappa shape index (κ3) is 2.42. The molecule has 86 valence electrons. The second kappa shape index (κ2) is 5.12. The number of Topliss-reactive ketones (excluding diaryl/α,β-unsaturated/α-hetero) is 1. The summed E-state index contributed by atoms with van der Waals surface area (Å²) < 4.78 is 11.1. The maximum atomic E-state index is 11.8. The summed E-state index contributed by atoms with van der Waals surface area (Å²) in [5, 5.41) is 0. The summed E-state index contributed by atoms with van der Waals surface area (Å²) >= 11 is 0. The van der Waals surface area contributed by atoms with E-state index in [0.29, 0.717) is 24.3 Å². The molecule has 0 bridgehead atoms. The van der Waals surface area contributed by atoms with Crippen LogP contribution in [0.5, 0.6) is 5.75 Å². The van der Waals surface area contributed by atoms with Crippen LogP contribution in [0.3, 0.4) is 0 Å². The first-order valence-corrected chi connectivity index (χ1v) is 5.71. The van der Waals surface area contributed by atoms with Crippen LogP contribution in [-0.2, 0) is 4.74 Å². The molecule has 3 nitrogen and oxygen atoms in total. The van der Waals surface area contributed by atoms with Gasteiger partial charge in [0.1, 0.15) is 5.75 Å². The predicted molar refractivity (Wildman–Crippen MR) is 60.7 cm³/mol. The van der Waals surface area contributed by atoms with E-state index in [2.05, 4.69) is 6.92 Å². The molecule has 2 rings (SSSR count). The summed E-state index contributed by atoms with van der Waals surface area (Å²) in [6.45, 7) is 2.75. The van der Waals surface area contributed by atoms with Crippen molar-refractivity contribution in [3.8, 4) is 5.75 Å². The minimum atomic E-state index is -0.408. The van der Waals surface area contributed by atoms with E-state index in [-0.39, 0.29) is 5.78 Å². The molecule has 0 N–H and O–H groups in total. The lowest BCUT2D eigenvalue weighted by Crippen LogP contribution is -2.29. The van der Waals surface area contributed by atoms with Crippen molar-refractivity contribution in [2.24, 2.45) is 0 Å². The predicted octanol–water partition coefficient (Wildman–Crippen LogP) is 2.79. The molecule has 1 atom stereocenters. The Kier molecular flexibility index (Phi) is 3.57. The van der Waals surface area contributed by atoms with Crippen molar-refractivity contribution in [2.75, 3.05) is 6.61 Å². The van der Waals surface area contributed by atoms with E-state index in [1.54, 1.807) is 6.07 Å². The Balaban J connectivity index is 2.01. The summed E-state index contributed by atoms with van der Waals surface area (Å²) in [6.07, 6.45) is 1.99. The van der Waals surface area contributed by atoms with Gasteiger partial charge in [-0.25, -0.2) is 0 Å². The number of unbranched alkanes of at least 4 members (excludes halogenated alkanes) is 1. The zero-order valence-corrected chi connectivity index (χ0v) is 9.44. The van der Waals surface area contributed by atoms with Crippen molar-refractivity contribution in [3.05, 3.63) is 29.8 Å². The quantitative estimate of drug-likeness (QED) is 0.732. The average molecular weight is 220 g/mol. The second-order valence-corrected chi connectivity index (χ2v) is 3.90. The molecule has 1 aliphatic rings. The Bertz CT molecular complexity index is 373. The molecule has 0 radical (unpaired) electrons. The van der Waals surface area contributed by atoms with Crippen LogP contribution in [-0.4, -0.2) is 18.7 Å². The topological polar surface area (TPSA) is 35.5 Å². The van der Waals surface area contributed by atoms with Crippen molar-refractivity contribution < 1.29 is 14.3 Å². The minimum Gasteiger partial charge on any atom is -0.464 e. The molecule has 1 unspecified atom stereocenters. The van der Waals surface area contributed by atoms with Gasteiger partial charge in [-0.05, 0) is 18.6 Å². The molecule has 0 amide bonds. The van der Waals surface area contributed by atoms with Crippen molar-refractivity contribution in [3.63, 3.8) is 0 Å². The summed E-state index contributed by atoms with van der Waals surface area (Å²) in [5.74, 6) is 0.739. The van der Waals surface area contributed by atoms with Gasteiger partial charge < -0.3 is 9.47 Å². The SMILES string of the molecule is CCCCOC1CC(=O)c2ccccc2O1. The van der Waals surface area contributed by atoms with Gasteiger partial charge in [0.2, 0.25) is 6.29 Å². The number of hydrogen-bond donors (Lipinski definition) is 0. The van der Waals surface area contributed by atoms with Crippen LogP contribution >= 0.6 is 0 Å². The average Bonchev–Trinajstić information content (AvgIpc) is 2.30. The van der Waals surface area contributed by atoms with E-state index in [4.69, 9.17) is 9.47 Å². The van der Waals surface area contributed by atoms with Gasteiger partial charge in [0.15, 0.2) is 5.78 Å². The number of rotatable bonds is 4. The van der Waals surface area contributed by atoms with E-state index < -0.39 is 6.29 Å². The van der Waals surface area contributed by atoms with E-state index in [9.17, 15) is 4.79 Å². The van der Waals surface area contributed by atoms with Gasteiger partial charge in [-0.1, -0.05) is 25.5 Å². The normalized spacial score (nSPS) is 19.1. The third-order valence-electron chi connectivity index (χ3n) is 2.60. The lowest BCUT2D eigenvalue weighted by molar-refractivity contribution is -0.0835. The third-order valence-corrected chi connectivity index (χ3v) is 2.60. The zero-order chi connectivity index (χ0) is 11.4. The van der Waals surface area contributed by atoms with Gasteiger partial charge in [0, 0.05) is 0 Å². The Labute approximate surface area is 95.4 Å². The smallest absolute Gasteiger partial charge is 0.207 e. The van der Waals surface area contributed by atoms with Gasteiger partial charge in [0.25, 0.3) is 0 Å². The standard InChI is InChI=1S/C13H16O3/c1-2-3-8-15-13-9-11(14)10-6-4-5-7-12(10)16-13/h4-7,13H,2-3,8-9H2,1H3. The fourth-order valence-corrected chi connectivity index (χ4v) is 1.70. The number of benzene rings is 1. The number of ether oxygens (including phenoxy) is 2. The first-order valence-electron chi connectivity index (χ1n) is 5.71. The fourth-order valence-electron chi connectivity index (χ4n) is 1.70. The van der Waals surface area contributed by atoms with E-state index in [0.717, 1.165) is 12.8 Å². The molecular formula is C13H16O3. The molecule has 1 heterocycles. The number of para-hydroxylation sites is 1. The first-order chi connectivity index (χ1) is 7.81. The molecule has 16 heavy (non-hydrogen) atoms. The van der Waals surface area contributed by atoms with Crippen molar-refractivity contribution in [1.29, 1.82) is 0 Å². The molecule has 3 heteroatoms. The Hall–Kier alpha value is -1.35. The van der Waals surface area contributed by atoms with E-state index in [1.165, 1.54) is 0 Å². The molecule has 0 saturated carbocycles. The highest BCUT2D eigenvalue weighted by atomic mass is 16.7. The molecule has 0 saturated heterocycles. The summed E-state index contributed by atoms with van der Waals surface area (Å²) in [5.41, 5.74) is 0.665. The first kappa shape index (κ1) is 11.1. The zero-order valence-electron chi connectivity index (χ0n) is 9.44. The molecule has 1 aromatic rings. The summed E-state index contributed by atoms with van der Waals surface area (Å²) in [6, 6.07) is 7.31. The summed E-state index contributed by atoms with van der Waals surface area (Å²) in [4.78, 5) is 11.8. The Morgan fingerprint density at radius 2 is 2.25 bits per heavy atom. The molecule has 0 aliphatic carbocycles. The van der Waals surface area contributed by atoms with Crippen LogP contribution in [0.25, 0.3) is 0 Å². The van der Waals surface area contributed by atoms with Crippen molar-refractivity contribution in [1.82, 2.24) is 0 Å². The highest BCUT2D eigenvalue weighted by Crippen LogP contribution is 2.27. The van der Waals surface area contributed by atoms with Crippen LogP contribution in [0.2, 0.25) is 0 Å². The monoisotopic (exact) mass is 220 g/mol. The Morgan fingerprint density at radius 3 is 3.06 bits per heavy atom. The van der Waals surface area contributed by atoms with Crippen LogP contribution in [0.4, 0.5) is 0 Å². The highest BCUT2D eigenvalue weighted by molar-refractivity contribution is 5.99. The van der Waals surface area contributed by atoms with Crippen LogP contribution < -0.4 is 4.74 Å². The van der Waals surface area contributed by atoms with Gasteiger partial charge in [-0.2, -0.15) is 0 Å². The van der Waals surface area contributed by atoms with E-state index in [1.807, 2.05) is 18.2 Å². The number of hydrogen-bond acceptors (Lipinski definition) is 3. The lowest BCUT2D eigenvalue weighted by Gasteiger charge is -2.24. The largest absolute Gasteiger partial charge is 0.464 e. The molecule has 1 aliphatic heterocycles. The Morgan fingerprint density at radius 1 is 1.44 bits per heavy atom. The van der Waals surface area contributed by atoms with Crippen molar-refractivity contribution in [2.45, 2.75) is 32.5 Å². The number of carbonyl (C=O) groups is 1. The second-order valence-electron chi connectivity index (χ2n) is 3.90. The maximum Gasteiger partial charge on any atom is 0.207 e. The van der Waals surface area contributed by atoms with Crippen LogP contribution in [0.15, 0.2) is 24.3 Å². The van der Waals surface area contributed by atoms with E-state index >= 15 is 0 Å². The molecule has 0 fully saturated rings. The minimum absolute atomic E-state index is 0.100. The van der Waals surface area contributed by atoms with Gasteiger partial charge in [0.05, 0.1) is 18.6 Å². The maximum absolute atomic E-state index is 11.8. The number of fused-ring (bicyclic) bond motifs is 1. The molecule has 1 aromatic carbocycles. The fraction of sp³-hybridized carbons (Fsp3) is 0.462. The van der Waals surface area contributed by atoms with Crippen LogP contribution in [0.1, 0.15) is 36.5 Å². The van der Waals surface area contributed by atoms with Crippen LogP contribution in [0, 0.1) is 0 Å². The summed E-state index contributed by atoms with van der Waals surface area (Å²) in [7, 11) is 0. The van der Waals surface area contributed by atoms with Gasteiger partial charge >= 0.3 is 0 Å². The number of ketones is 1. The molecule has 0 aromatic heterocycles. The van der Waals surface area contributed by atoms with Gasteiger partial charge in [-0.3, -0.25) is 4.79 Å². The number of carbonyl (C=O) groups excluding carboxylic acids is 1.